The summed E-state index contributed by atoms with van der Waals surface area (Å²) in [4.78, 5) is 26.1. The van der Waals surface area contributed by atoms with Gasteiger partial charge in [-0.2, -0.15) is 5.10 Å². The van der Waals surface area contributed by atoms with Gasteiger partial charge in [0.25, 0.3) is 0 Å². The van der Waals surface area contributed by atoms with Crippen LogP contribution in [0.15, 0.2) is 48.5 Å². The Morgan fingerprint density at radius 1 is 1.28 bits per heavy atom. The van der Waals surface area contributed by atoms with E-state index >= 15 is 0 Å². The molecule has 0 saturated carbocycles. The molecule has 3 aromatic rings. The fourth-order valence-electron chi connectivity index (χ4n) is 3.03. The van der Waals surface area contributed by atoms with Gasteiger partial charge in [-0.05, 0) is 36.8 Å². The van der Waals surface area contributed by atoms with E-state index in [2.05, 4.69) is 10.2 Å². The van der Waals surface area contributed by atoms with Crippen LogP contribution in [-0.2, 0) is 16.1 Å². The van der Waals surface area contributed by atoms with Gasteiger partial charge >= 0.3 is 0 Å². The molecule has 0 aliphatic rings. The van der Waals surface area contributed by atoms with Crippen molar-refractivity contribution in [2.45, 2.75) is 19.5 Å². The fraction of sp³-hybridized carbons (Fsp3) is 0.200. The largest absolute Gasteiger partial charge is 0.368 e. The maximum atomic E-state index is 13.6. The number of aryl methyl sites for hydroxylation is 1. The van der Waals surface area contributed by atoms with Gasteiger partial charge in [0.1, 0.15) is 18.4 Å². The number of aromatic nitrogens is 3. The minimum Gasteiger partial charge on any atom is -0.368 e. The molecule has 0 aliphatic carbocycles. The van der Waals surface area contributed by atoms with Gasteiger partial charge in [0.2, 0.25) is 11.8 Å². The molecule has 29 heavy (non-hydrogen) atoms. The van der Waals surface area contributed by atoms with Crippen LogP contribution in [0.5, 0.6) is 0 Å². The molecule has 2 aromatic carbocycles. The predicted molar refractivity (Wildman–Crippen MR) is 109 cm³/mol. The maximum Gasteiger partial charge on any atom is 0.244 e. The number of halogens is 1. The molecule has 3 rings (SSSR count). The quantitative estimate of drug-likeness (QED) is 0.607. The van der Waals surface area contributed by atoms with E-state index in [4.69, 9.17) is 18.0 Å². The molecule has 1 atom stereocenters. The molecule has 9 heteroatoms. The van der Waals surface area contributed by atoms with E-state index in [1.165, 1.54) is 30.1 Å². The number of H-pyrrole nitrogens is 1. The first kappa shape index (κ1) is 20.4. The summed E-state index contributed by atoms with van der Waals surface area (Å²) < 4.78 is 15.4. The van der Waals surface area contributed by atoms with Crippen molar-refractivity contribution in [3.05, 3.63) is 70.2 Å². The second-order valence-electron chi connectivity index (χ2n) is 6.67. The Hall–Kier alpha value is -3.33. The number of likely N-dealkylation sites (N-methyl/N-ethyl adjacent to an activating group) is 1. The number of benzene rings is 2. The Morgan fingerprint density at radius 2 is 1.97 bits per heavy atom. The van der Waals surface area contributed by atoms with Gasteiger partial charge in [0, 0.05) is 12.6 Å². The van der Waals surface area contributed by atoms with E-state index in [-0.39, 0.29) is 11.3 Å². The molecule has 0 aliphatic heterocycles. The summed E-state index contributed by atoms with van der Waals surface area (Å²) in [5, 5.41) is 6.90. The van der Waals surface area contributed by atoms with Crippen molar-refractivity contribution in [1.82, 2.24) is 19.7 Å². The molecule has 150 valence electrons. The number of nitrogens with two attached hydrogens (primary N) is 1. The SMILES string of the molecule is Cc1ccc(-c2n[nH]c(=S)n2CC(=O)N(C)C(C(N)=O)c2cccc(F)c2)cc1. The summed E-state index contributed by atoms with van der Waals surface area (Å²) in [6.45, 7) is 1.81. The summed E-state index contributed by atoms with van der Waals surface area (Å²) in [6.07, 6.45) is 0. The molecule has 1 heterocycles. The second kappa shape index (κ2) is 8.36. The number of carbonyl (C=O) groups excluding carboxylic acids is 2. The minimum atomic E-state index is -1.11. The fourth-order valence-corrected chi connectivity index (χ4v) is 3.23. The highest BCUT2D eigenvalue weighted by molar-refractivity contribution is 7.71. The number of carbonyl (C=O) groups is 2. The Balaban J connectivity index is 1.89. The van der Waals surface area contributed by atoms with E-state index in [9.17, 15) is 14.0 Å². The lowest BCUT2D eigenvalue weighted by atomic mass is 10.0. The van der Waals surface area contributed by atoms with Crippen molar-refractivity contribution >= 4 is 24.0 Å². The molecule has 7 nitrogen and oxygen atoms in total. The van der Waals surface area contributed by atoms with Gasteiger partial charge in [0.15, 0.2) is 10.6 Å². The third kappa shape index (κ3) is 4.40. The highest BCUT2D eigenvalue weighted by Crippen LogP contribution is 2.22. The predicted octanol–water partition coefficient (Wildman–Crippen LogP) is 2.74. The van der Waals surface area contributed by atoms with Gasteiger partial charge in [-0.15, -0.1) is 0 Å². The highest BCUT2D eigenvalue weighted by atomic mass is 32.1. The maximum absolute atomic E-state index is 13.6. The van der Waals surface area contributed by atoms with Crippen molar-refractivity contribution in [3.63, 3.8) is 0 Å². The molecule has 0 saturated heterocycles. The van der Waals surface area contributed by atoms with Crippen LogP contribution in [0.4, 0.5) is 4.39 Å². The van der Waals surface area contributed by atoms with Crippen LogP contribution in [0, 0.1) is 17.5 Å². The standard InChI is InChI=1S/C20H20FN5O2S/c1-12-6-8-13(9-7-12)19-23-24-20(29)26(19)11-16(27)25(2)17(18(22)28)14-4-3-5-15(21)10-14/h3-10,17H,11H2,1-2H3,(H2,22,28)(H,24,29). The number of aromatic amines is 1. The summed E-state index contributed by atoms with van der Waals surface area (Å²) >= 11 is 5.26. The number of hydrogen-bond donors (Lipinski definition) is 2. The molecule has 1 unspecified atom stereocenters. The van der Waals surface area contributed by atoms with E-state index in [1.807, 2.05) is 31.2 Å². The third-order valence-electron chi connectivity index (χ3n) is 4.58. The zero-order valence-corrected chi connectivity index (χ0v) is 16.7. The number of hydrogen-bond acceptors (Lipinski definition) is 4. The molecular weight excluding hydrogens is 393 g/mol. The van der Waals surface area contributed by atoms with E-state index < -0.39 is 23.7 Å². The molecule has 0 radical (unpaired) electrons. The molecule has 0 bridgehead atoms. The number of nitrogens with one attached hydrogen (secondary N) is 1. The summed E-state index contributed by atoms with van der Waals surface area (Å²) in [5.41, 5.74) is 7.66. The lowest BCUT2D eigenvalue weighted by Crippen LogP contribution is -2.40. The van der Waals surface area contributed by atoms with Gasteiger partial charge in [-0.1, -0.05) is 42.0 Å². The van der Waals surface area contributed by atoms with Crippen molar-refractivity contribution < 1.29 is 14.0 Å². The first-order valence-electron chi connectivity index (χ1n) is 8.80. The summed E-state index contributed by atoms with van der Waals surface area (Å²) in [6, 6.07) is 11.9. The molecule has 3 N–H and O–H groups in total. The lowest BCUT2D eigenvalue weighted by Gasteiger charge is -2.26. The smallest absolute Gasteiger partial charge is 0.244 e. The number of amides is 2. The number of nitrogens with zero attached hydrogens (tertiary/aromatic N) is 3. The van der Waals surface area contributed by atoms with Crippen LogP contribution in [0.1, 0.15) is 17.2 Å². The van der Waals surface area contributed by atoms with Crippen LogP contribution >= 0.6 is 12.2 Å². The van der Waals surface area contributed by atoms with Crippen molar-refractivity contribution in [1.29, 1.82) is 0 Å². The second-order valence-corrected chi connectivity index (χ2v) is 7.06. The van der Waals surface area contributed by atoms with Crippen molar-refractivity contribution in [2.24, 2.45) is 5.73 Å². The first-order chi connectivity index (χ1) is 13.8. The Morgan fingerprint density at radius 3 is 2.59 bits per heavy atom. The average Bonchev–Trinajstić information content (AvgIpc) is 3.02. The van der Waals surface area contributed by atoms with Crippen LogP contribution in [0.3, 0.4) is 0 Å². The zero-order chi connectivity index (χ0) is 21.1. The van der Waals surface area contributed by atoms with Crippen LogP contribution in [0.25, 0.3) is 11.4 Å². The summed E-state index contributed by atoms with van der Waals surface area (Å²) in [5.74, 6) is -1.21. The van der Waals surface area contributed by atoms with Gasteiger partial charge < -0.3 is 10.6 Å². The van der Waals surface area contributed by atoms with Crippen LogP contribution in [-0.4, -0.2) is 38.5 Å². The monoisotopic (exact) mass is 413 g/mol. The molecule has 0 fully saturated rings. The topological polar surface area (TPSA) is 97.0 Å². The lowest BCUT2D eigenvalue weighted by molar-refractivity contribution is -0.138. The minimum absolute atomic E-state index is 0.159. The average molecular weight is 413 g/mol. The van der Waals surface area contributed by atoms with Crippen LogP contribution in [0.2, 0.25) is 0 Å². The van der Waals surface area contributed by atoms with Crippen molar-refractivity contribution in [3.8, 4) is 11.4 Å². The van der Waals surface area contributed by atoms with Crippen molar-refractivity contribution in [2.75, 3.05) is 7.05 Å². The number of rotatable bonds is 6. The molecule has 2 amide bonds. The van der Waals surface area contributed by atoms with Gasteiger partial charge in [-0.3, -0.25) is 19.3 Å². The Kier molecular flexibility index (Phi) is 5.88. The Labute approximate surface area is 172 Å². The molecule has 1 aromatic heterocycles. The third-order valence-corrected chi connectivity index (χ3v) is 4.89. The number of primary amides is 1. The van der Waals surface area contributed by atoms with Crippen LogP contribution < -0.4 is 5.73 Å². The first-order valence-corrected chi connectivity index (χ1v) is 9.21. The van der Waals surface area contributed by atoms with Gasteiger partial charge in [0.05, 0.1) is 0 Å². The van der Waals surface area contributed by atoms with Gasteiger partial charge in [-0.25, -0.2) is 4.39 Å². The highest BCUT2D eigenvalue weighted by Gasteiger charge is 2.28. The molecule has 0 spiro atoms. The zero-order valence-electron chi connectivity index (χ0n) is 15.9. The summed E-state index contributed by atoms with van der Waals surface area (Å²) in [7, 11) is 1.44. The molecular formula is C20H20FN5O2S. The normalized spacial score (nSPS) is 11.8. The Bertz CT molecular complexity index is 1110. The van der Waals surface area contributed by atoms with E-state index in [1.54, 1.807) is 10.6 Å². The van der Waals surface area contributed by atoms with E-state index in [0.717, 1.165) is 11.1 Å². The van der Waals surface area contributed by atoms with E-state index in [0.29, 0.717) is 11.4 Å².